The fourth-order valence-electron chi connectivity index (χ4n) is 3.18. The molecule has 0 unspecified atom stereocenters. The van der Waals surface area contributed by atoms with E-state index in [1.165, 1.54) is 16.4 Å². The molecule has 1 aromatic heterocycles. The number of piperazine rings is 1. The molecule has 0 bridgehead atoms. The van der Waals surface area contributed by atoms with Gasteiger partial charge in [0, 0.05) is 26.2 Å². The summed E-state index contributed by atoms with van der Waals surface area (Å²) < 4.78 is 72.8. The van der Waals surface area contributed by atoms with Crippen molar-refractivity contribution >= 4 is 16.0 Å². The predicted octanol–water partition coefficient (Wildman–Crippen LogP) is 2.10. The number of alkyl halides is 2. The molecule has 2 heterocycles. The molecule has 3 rings (SSSR count). The molecule has 0 spiro atoms. The Morgan fingerprint density at radius 1 is 1.23 bits per heavy atom. The van der Waals surface area contributed by atoms with E-state index in [-0.39, 0.29) is 49.9 Å². The maximum absolute atomic E-state index is 13.5. The Kier molecular flexibility index (Phi) is 6.78. The molecular weight excluding hydrogens is 425 g/mol. The highest BCUT2D eigenvalue weighted by Crippen LogP contribution is 2.25. The molecule has 0 N–H and O–H groups in total. The van der Waals surface area contributed by atoms with Gasteiger partial charge in [0.25, 0.3) is 6.43 Å². The van der Waals surface area contributed by atoms with Crippen molar-refractivity contribution in [1.29, 1.82) is 0 Å². The highest BCUT2D eigenvalue weighted by atomic mass is 32.2. The minimum Gasteiger partial charge on any atom is -0.462 e. The normalized spacial score (nSPS) is 16.2. The average molecular weight is 446 g/mol. The first-order chi connectivity index (χ1) is 14.2. The summed E-state index contributed by atoms with van der Waals surface area (Å²) >= 11 is 0. The van der Waals surface area contributed by atoms with Gasteiger partial charge in [0.2, 0.25) is 10.0 Å². The van der Waals surface area contributed by atoms with Crippen molar-refractivity contribution in [2.75, 3.05) is 32.8 Å². The molecule has 1 fully saturated rings. The molecule has 0 aliphatic carbocycles. The molecule has 1 aliphatic heterocycles. The lowest BCUT2D eigenvalue weighted by molar-refractivity contribution is 0.0510. The van der Waals surface area contributed by atoms with E-state index in [1.54, 1.807) is 11.8 Å². The molecule has 1 aromatic carbocycles. The first-order valence-electron chi connectivity index (χ1n) is 9.23. The third-order valence-corrected chi connectivity index (χ3v) is 6.58. The number of halogens is 3. The van der Waals surface area contributed by atoms with Crippen molar-refractivity contribution in [3.05, 3.63) is 47.5 Å². The number of hydrogen-bond donors (Lipinski definition) is 0. The lowest BCUT2D eigenvalue weighted by Crippen LogP contribution is -2.49. The van der Waals surface area contributed by atoms with E-state index in [1.807, 2.05) is 0 Å². The van der Waals surface area contributed by atoms with Crippen LogP contribution in [0, 0.1) is 5.82 Å². The third kappa shape index (κ3) is 4.65. The van der Waals surface area contributed by atoms with E-state index in [2.05, 4.69) is 5.10 Å². The van der Waals surface area contributed by atoms with Gasteiger partial charge in [-0.05, 0) is 25.1 Å². The van der Waals surface area contributed by atoms with Crippen LogP contribution >= 0.6 is 0 Å². The van der Waals surface area contributed by atoms with Crippen LogP contribution in [0.25, 0.3) is 0 Å². The average Bonchev–Trinajstić information content (AvgIpc) is 3.12. The van der Waals surface area contributed by atoms with Crippen molar-refractivity contribution in [2.24, 2.45) is 0 Å². The zero-order chi connectivity index (χ0) is 21.9. The van der Waals surface area contributed by atoms with Crippen LogP contribution in [0.15, 0.2) is 35.4 Å². The summed E-state index contributed by atoms with van der Waals surface area (Å²) in [4.78, 5) is 13.5. The number of benzene rings is 1. The number of sulfonamides is 1. The standard InChI is InChI=1S/C18H21F3N4O4S/c1-2-29-18(26)15-11-22-25(16(15)17(20)21)12-23-6-8-24(9-7-23)30(27,28)14-5-3-4-13(19)10-14/h3-5,10-11,17H,2,6-9,12H2,1H3. The Hall–Kier alpha value is -2.44. The van der Waals surface area contributed by atoms with Crippen molar-refractivity contribution in [2.45, 2.75) is 24.9 Å². The summed E-state index contributed by atoms with van der Waals surface area (Å²) in [5.41, 5.74) is -0.831. The highest BCUT2D eigenvalue weighted by Gasteiger charge is 2.30. The van der Waals surface area contributed by atoms with Gasteiger partial charge in [-0.15, -0.1) is 0 Å². The van der Waals surface area contributed by atoms with Crippen molar-refractivity contribution in [3.8, 4) is 0 Å². The molecule has 0 amide bonds. The third-order valence-electron chi connectivity index (χ3n) is 4.68. The quantitative estimate of drug-likeness (QED) is 0.606. The van der Waals surface area contributed by atoms with Crippen LogP contribution in [-0.2, 0) is 21.4 Å². The number of aromatic nitrogens is 2. The lowest BCUT2D eigenvalue weighted by Gasteiger charge is -2.34. The van der Waals surface area contributed by atoms with E-state index in [4.69, 9.17) is 4.74 Å². The molecule has 0 saturated carbocycles. The predicted molar refractivity (Wildman–Crippen MR) is 99.9 cm³/mol. The van der Waals surface area contributed by atoms with Gasteiger partial charge in [-0.25, -0.2) is 31.1 Å². The molecule has 2 aromatic rings. The summed E-state index contributed by atoms with van der Waals surface area (Å²) in [5, 5.41) is 3.88. The number of hydrogen-bond acceptors (Lipinski definition) is 6. The SMILES string of the molecule is CCOC(=O)c1cnn(CN2CCN(S(=O)(=O)c3cccc(F)c3)CC2)c1C(F)F. The van der Waals surface area contributed by atoms with Gasteiger partial charge in [-0.2, -0.15) is 9.40 Å². The minimum absolute atomic E-state index is 0.0348. The van der Waals surface area contributed by atoms with Crippen LogP contribution in [0.4, 0.5) is 13.2 Å². The largest absolute Gasteiger partial charge is 0.462 e. The van der Waals surface area contributed by atoms with E-state index < -0.39 is 33.9 Å². The Morgan fingerprint density at radius 3 is 2.53 bits per heavy atom. The molecule has 30 heavy (non-hydrogen) atoms. The summed E-state index contributed by atoms with van der Waals surface area (Å²) in [5.74, 6) is -1.52. The second kappa shape index (κ2) is 9.14. The molecule has 12 heteroatoms. The smallest absolute Gasteiger partial charge is 0.341 e. The molecule has 1 aliphatic rings. The van der Waals surface area contributed by atoms with E-state index in [9.17, 15) is 26.4 Å². The van der Waals surface area contributed by atoms with Gasteiger partial charge in [-0.3, -0.25) is 4.90 Å². The van der Waals surface area contributed by atoms with Gasteiger partial charge in [-0.1, -0.05) is 6.07 Å². The first-order valence-corrected chi connectivity index (χ1v) is 10.7. The summed E-state index contributed by atoms with van der Waals surface area (Å²) in [7, 11) is -3.85. The Labute approximate surface area is 171 Å². The number of carbonyl (C=O) groups excluding carboxylic acids is 1. The second-order valence-electron chi connectivity index (χ2n) is 6.59. The number of nitrogens with zero attached hydrogens (tertiary/aromatic N) is 4. The van der Waals surface area contributed by atoms with Crippen LogP contribution in [0.1, 0.15) is 29.4 Å². The van der Waals surface area contributed by atoms with E-state index >= 15 is 0 Å². The van der Waals surface area contributed by atoms with Crippen molar-refractivity contribution in [3.63, 3.8) is 0 Å². The summed E-state index contributed by atoms with van der Waals surface area (Å²) in [6.45, 7) is 2.31. The molecule has 0 radical (unpaired) electrons. The maximum Gasteiger partial charge on any atom is 0.341 e. The van der Waals surface area contributed by atoms with Crippen molar-refractivity contribution < 1.29 is 31.1 Å². The fraction of sp³-hybridized carbons (Fsp3) is 0.444. The van der Waals surface area contributed by atoms with Crippen LogP contribution in [0.3, 0.4) is 0 Å². The second-order valence-corrected chi connectivity index (χ2v) is 8.52. The fourth-order valence-corrected chi connectivity index (χ4v) is 4.64. The van der Waals surface area contributed by atoms with E-state index in [0.717, 1.165) is 23.0 Å². The Morgan fingerprint density at radius 2 is 1.93 bits per heavy atom. The summed E-state index contributed by atoms with van der Waals surface area (Å²) in [6.07, 6.45) is -1.88. The molecule has 164 valence electrons. The van der Waals surface area contributed by atoms with Gasteiger partial charge in [0.1, 0.15) is 17.1 Å². The highest BCUT2D eigenvalue weighted by molar-refractivity contribution is 7.89. The van der Waals surface area contributed by atoms with Gasteiger partial charge in [0.15, 0.2) is 0 Å². The lowest BCUT2D eigenvalue weighted by atomic mass is 10.2. The number of rotatable bonds is 7. The molecule has 0 atom stereocenters. The van der Waals surface area contributed by atoms with Gasteiger partial charge < -0.3 is 4.74 Å². The topological polar surface area (TPSA) is 84.7 Å². The molecule has 1 saturated heterocycles. The van der Waals surface area contributed by atoms with Gasteiger partial charge in [0.05, 0.1) is 24.4 Å². The van der Waals surface area contributed by atoms with Crippen LogP contribution in [-0.4, -0.2) is 66.2 Å². The zero-order valence-corrected chi connectivity index (χ0v) is 17.0. The molecule has 8 nitrogen and oxygen atoms in total. The zero-order valence-electron chi connectivity index (χ0n) is 16.2. The number of carbonyl (C=O) groups is 1. The van der Waals surface area contributed by atoms with Gasteiger partial charge >= 0.3 is 5.97 Å². The monoisotopic (exact) mass is 446 g/mol. The van der Waals surface area contributed by atoms with Crippen LogP contribution < -0.4 is 0 Å². The number of ether oxygens (including phenoxy) is 1. The Bertz CT molecular complexity index is 1000. The number of esters is 1. The van der Waals surface area contributed by atoms with Crippen LogP contribution in [0.5, 0.6) is 0 Å². The van der Waals surface area contributed by atoms with Crippen LogP contribution in [0.2, 0.25) is 0 Å². The van der Waals surface area contributed by atoms with E-state index in [0.29, 0.717) is 0 Å². The summed E-state index contributed by atoms with van der Waals surface area (Å²) in [6, 6.07) is 4.76. The Balaban J connectivity index is 1.69. The van der Waals surface area contributed by atoms with Crippen molar-refractivity contribution in [1.82, 2.24) is 19.0 Å². The molecular formula is C18H21F3N4O4S. The maximum atomic E-state index is 13.5. The minimum atomic E-state index is -3.85. The first kappa shape index (κ1) is 22.2.